The predicted octanol–water partition coefficient (Wildman–Crippen LogP) is 1.31. The highest BCUT2D eigenvalue weighted by Crippen LogP contribution is 2.20. The Morgan fingerprint density at radius 2 is 2.04 bits per heavy atom. The van der Waals surface area contributed by atoms with Crippen LogP contribution in [-0.4, -0.2) is 67.0 Å². The maximum Gasteiger partial charge on any atom is 0.317 e. The third-order valence-corrected chi connectivity index (χ3v) is 4.50. The predicted molar refractivity (Wildman–Crippen MR) is 93.8 cm³/mol. The van der Waals surface area contributed by atoms with Crippen molar-refractivity contribution < 1.29 is 9.59 Å². The number of piperidine rings is 1. The first kappa shape index (κ1) is 20.0. The summed E-state index contributed by atoms with van der Waals surface area (Å²) in [5.74, 6) is 0.613. The van der Waals surface area contributed by atoms with E-state index >= 15 is 0 Å². The largest absolute Gasteiger partial charge is 0.338 e. The van der Waals surface area contributed by atoms with Crippen LogP contribution in [0.15, 0.2) is 0 Å². The van der Waals surface area contributed by atoms with E-state index in [4.69, 9.17) is 0 Å². The average Bonchev–Trinajstić information content (AvgIpc) is 2.52. The molecule has 0 radical (unpaired) electrons. The molecule has 134 valence electrons. The Morgan fingerprint density at radius 3 is 2.70 bits per heavy atom. The first-order valence-electron chi connectivity index (χ1n) is 8.53. The molecule has 2 rings (SSSR count). The topological polar surface area (TPSA) is 64.7 Å². The van der Waals surface area contributed by atoms with Crippen LogP contribution in [0.25, 0.3) is 0 Å². The Balaban J connectivity index is 0.00000264. The van der Waals surface area contributed by atoms with E-state index in [9.17, 15) is 9.59 Å². The number of nitrogens with one attached hydrogen (secondary N) is 2. The van der Waals surface area contributed by atoms with E-state index < -0.39 is 0 Å². The monoisotopic (exact) mass is 346 g/mol. The molecule has 0 aromatic rings. The Kier molecular flexibility index (Phi) is 8.12. The molecule has 3 amide bonds. The second-order valence-corrected chi connectivity index (χ2v) is 6.95. The number of halogens is 1. The normalized spacial score (nSPS) is 25.0. The SMILES string of the molecule is CC(C)CNC(=O)N1CCCC(C(=O)N2CCNCC2C)C1.Cl. The van der Waals surface area contributed by atoms with E-state index in [1.54, 1.807) is 4.90 Å². The fourth-order valence-corrected chi connectivity index (χ4v) is 3.17. The van der Waals surface area contributed by atoms with Gasteiger partial charge in [-0.2, -0.15) is 0 Å². The Bertz CT molecular complexity index is 406. The van der Waals surface area contributed by atoms with Gasteiger partial charge in [0.25, 0.3) is 0 Å². The van der Waals surface area contributed by atoms with Gasteiger partial charge in [-0.1, -0.05) is 13.8 Å². The molecule has 0 aromatic heterocycles. The smallest absolute Gasteiger partial charge is 0.317 e. The summed E-state index contributed by atoms with van der Waals surface area (Å²) < 4.78 is 0. The summed E-state index contributed by atoms with van der Waals surface area (Å²) in [6, 6.07) is 0.214. The van der Waals surface area contributed by atoms with Crippen LogP contribution in [0.4, 0.5) is 4.79 Å². The minimum Gasteiger partial charge on any atom is -0.338 e. The second-order valence-electron chi connectivity index (χ2n) is 6.95. The van der Waals surface area contributed by atoms with Crippen molar-refractivity contribution in [3.05, 3.63) is 0 Å². The van der Waals surface area contributed by atoms with Crippen LogP contribution < -0.4 is 10.6 Å². The van der Waals surface area contributed by atoms with Crippen LogP contribution in [-0.2, 0) is 4.79 Å². The van der Waals surface area contributed by atoms with E-state index in [1.165, 1.54) is 0 Å². The second kappa shape index (κ2) is 9.33. The molecule has 6 nitrogen and oxygen atoms in total. The van der Waals surface area contributed by atoms with E-state index in [2.05, 4.69) is 31.4 Å². The zero-order valence-electron chi connectivity index (χ0n) is 14.5. The van der Waals surface area contributed by atoms with Gasteiger partial charge in [-0.3, -0.25) is 4.79 Å². The first-order valence-corrected chi connectivity index (χ1v) is 8.53. The van der Waals surface area contributed by atoms with Crippen LogP contribution in [0.3, 0.4) is 0 Å². The highest BCUT2D eigenvalue weighted by Gasteiger charge is 2.33. The lowest BCUT2D eigenvalue weighted by Crippen LogP contribution is -2.56. The first-order chi connectivity index (χ1) is 10.5. The molecule has 2 N–H and O–H groups in total. The van der Waals surface area contributed by atoms with Crippen LogP contribution in [0.5, 0.6) is 0 Å². The zero-order chi connectivity index (χ0) is 16.1. The number of carbonyl (C=O) groups excluding carboxylic acids is 2. The number of hydrogen-bond donors (Lipinski definition) is 2. The van der Waals surface area contributed by atoms with Crippen molar-refractivity contribution in [3.8, 4) is 0 Å². The molecule has 2 saturated heterocycles. The summed E-state index contributed by atoms with van der Waals surface area (Å²) in [6.07, 6.45) is 1.80. The average molecular weight is 347 g/mol. The fraction of sp³-hybridized carbons (Fsp3) is 0.875. The van der Waals surface area contributed by atoms with Gasteiger partial charge < -0.3 is 20.4 Å². The molecular formula is C16H31ClN4O2. The standard InChI is InChI=1S/C16H30N4O2.ClH/c1-12(2)9-18-16(22)19-7-4-5-14(11-19)15(21)20-8-6-17-10-13(20)3;/h12-14,17H,4-11H2,1-3H3,(H,18,22);1H. The summed E-state index contributed by atoms with van der Waals surface area (Å²) in [4.78, 5) is 28.7. The highest BCUT2D eigenvalue weighted by atomic mass is 35.5. The lowest BCUT2D eigenvalue weighted by Gasteiger charge is -2.39. The maximum absolute atomic E-state index is 12.7. The van der Waals surface area contributed by atoms with Crippen LogP contribution in [0, 0.1) is 11.8 Å². The number of nitrogens with zero attached hydrogens (tertiary/aromatic N) is 2. The Labute approximate surface area is 145 Å². The summed E-state index contributed by atoms with van der Waals surface area (Å²) >= 11 is 0. The summed E-state index contributed by atoms with van der Waals surface area (Å²) in [6.45, 7) is 10.7. The van der Waals surface area contributed by atoms with E-state index in [0.29, 0.717) is 19.0 Å². The third-order valence-electron chi connectivity index (χ3n) is 4.50. The van der Waals surface area contributed by atoms with Crippen molar-refractivity contribution in [2.45, 2.75) is 39.7 Å². The van der Waals surface area contributed by atoms with E-state index in [-0.39, 0.29) is 36.3 Å². The molecule has 23 heavy (non-hydrogen) atoms. The van der Waals surface area contributed by atoms with Crippen molar-refractivity contribution >= 4 is 24.3 Å². The van der Waals surface area contributed by atoms with Gasteiger partial charge in [0.05, 0.1) is 5.92 Å². The molecule has 0 bridgehead atoms. The Morgan fingerprint density at radius 1 is 1.30 bits per heavy atom. The van der Waals surface area contributed by atoms with Gasteiger partial charge in [-0.05, 0) is 25.7 Å². The lowest BCUT2D eigenvalue weighted by molar-refractivity contribution is -0.139. The molecule has 0 aromatic carbocycles. The van der Waals surface area contributed by atoms with E-state index in [1.807, 2.05) is 4.90 Å². The number of carbonyl (C=O) groups is 2. The molecule has 2 aliphatic rings. The molecule has 0 aliphatic carbocycles. The van der Waals surface area contributed by atoms with E-state index in [0.717, 1.165) is 39.0 Å². The van der Waals surface area contributed by atoms with Gasteiger partial charge in [0.2, 0.25) is 5.91 Å². The molecule has 2 aliphatic heterocycles. The number of piperazine rings is 1. The van der Waals surface area contributed by atoms with Crippen LogP contribution >= 0.6 is 12.4 Å². The summed E-state index contributed by atoms with van der Waals surface area (Å²) in [5.41, 5.74) is 0. The van der Waals surface area contributed by atoms with Gasteiger partial charge in [-0.25, -0.2) is 4.79 Å². The maximum atomic E-state index is 12.7. The molecule has 0 saturated carbocycles. The quantitative estimate of drug-likeness (QED) is 0.809. The summed E-state index contributed by atoms with van der Waals surface area (Å²) in [5, 5.41) is 6.26. The number of amides is 3. The van der Waals surface area contributed by atoms with Gasteiger partial charge >= 0.3 is 6.03 Å². The van der Waals surface area contributed by atoms with Crippen LogP contribution in [0.2, 0.25) is 0 Å². The van der Waals surface area contributed by atoms with Gasteiger partial charge in [0, 0.05) is 45.3 Å². The molecule has 2 unspecified atom stereocenters. The number of likely N-dealkylation sites (tertiary alicyclic amines) is 1. The van der Waals surface area contributed by atoms with Crippen molar-refractivity contribution in [1.82, 2.24) is 20.4 Å². The van der Waals surface area contributed by atoms with Gasteiger partial charge in [0.15, 0.2) is 0 Å². The Hall–Kier alpha value is -1.01. The molecule has 2 fully saturated rings. The molecular weight excluding hydrogens is 316 g/mol. The highest BCUT2D eigenvalue weighted by molar-refractivity contribution is 5.85. The van der Waals surface area contributed by atoms with Gasteiger partial charge in [-0.15, -0.1) is 12.4 Å². The minimum atomic E-state index is -0.0425. The summed E-state index contributed by atoms with van der Waals surface area (Å²) in [7, 11) is 0. The number of rotatable bonds is 3. The zero-order valence-corrected chi connectivity index (χ0v) is 15.3. The van der Waals surface area contributed by atoms with Crippen molar-refractivity contribution in [1.29, 1.82) is 0 Å². The van der Waals surface area contributed by atoms with Crippen molar-refractivity contribution in [3.63, 3.8) is 0 Å². The van der Waals surface area contributed by atoms with Crippen molar-refractivity contribution in [2.24, 2.45) is 11.8 Å². The number of hydrogen-bond acceptors (Lipinski definition) is 3. The molecule has 7 heteroatoms. The fourth-order valence-electron chi connectivity index (χ4n) is 3.17. The molecule has 0 spiro atoms. The molecule has 2 heterocycles. The third kappa shape index (κ3) is 5.53. The lowest BCUT2D eigenvalue weighted by atomic mass is 9.95. The minimum absolute atomic E-state index is 0. The number of urea groups is 1. The molecule has 2 atom stereocenters. The van der Waals surface area contributed by atoms with Crippen molar-refractivity contribution in [2.75, 3.05) is 39.3 Å². The van der Waals surface area contributed by atoms with Crippen LogP contribution in [0.1, 0.15) is 33.6 Å². The van der Waals surface area contributed by atoms with Gasteiger partial charge in [0.1, 0.15) is 0 Å².